The number of sulfonamides is 1. The van der Waals surface area contributed by atoms with Crippen molar-refractivity contribution in [1.29, 1.82) is 0 Å². The van der Waals surface area contributed by atoms with E-state index in [0.29, 0.717) is 5.88 Å². The lowest BCUT2D eigenvalue weighted by atomic mass is 10.0. The predicted molar refractivity (Wildman–Crippen MR) is 103 cm³/mol. The number of aromatic nitrogens is 1. The number of rotatable bonds is 7. The Morgan fingerprint density at radius 3 is 2.52 bits per heavy atom. The number of nitrogens with zero attached hydrogens (tertiary/aromatic N) is 2. The molecule has 1 saturated heterocycles. The van der Waals surface area contributed by atoms with Crippen molar-refractivity contribution in [3.8, 4) is 5.88 Å². The molecule has 1 aromatic rings. The summed E-state index contributed by atoms with van der Waals surface area (Å²) in [5.74, 6) is 0.816. The van der Waals surface area contributed by atoms with E-state index in [1.807, 2.05) is 17.9 Å². The van der Waals surface area contributed by atoms with Crippen LogP contribution < -0.4 is 9.46 Å². The first-order valence-corrected chi connectivity index (χ1v) is 11.1. The number of carbonyl (C=O) groups is 1. The van der Waals surface area contributed by atoms with Crippen LogP contribution in [0.5, 0.6) is 5.88 Å². The summed E-state index contributed by atoms with van der Waals surface area (Å²) >= 11 is 0. The fourth-order valence-corrected chi connectivity index (χ4v) is 3.77. The Hall–Kier alpha value is -1.67. The zero-order chi connectivity index (χ0) is 19.7. The summed E-state index contributed by atoms with van der Waals surface area (Å²) in [7, 11) is -3.29. The highest BCUT2D eigenvalue weighted by Crippen LogP contribution is 2.46. The molecule has 0 bridgehead atoms. The van der Waals surface area contributed by atoms with Gasteiger partial charge in [0, 0.05) is 50.2 Å². The normalized spacial score (nSPS) is 19.9. The summed E-state index contributed by atoms with van der Waals surface area (Å²) in [4.78, 5) is 18.6. The van der Waals surface area contributed by atoms with Gasteiger partial charge in [-0.25, -0.2) is 18.1 Å². The second-order valence-electron chi connectivity index (χ2n) is 8.09. The molecule has 2 aliphatic rings. The quantitative estimate of drug-likeness (QED) is 0.764. The summed E-state index contributed by atoms with van der Waals surface area (Å²) < 4.78 is 32.1. The molecule has 7 nitrogen and oxygen atoms in total. The van der Waals surface area contributed by atoms with E-state index >= 15 is 0 Å². The number of piperidine rings is 1. The lowest BCUT2D eigenvalue weighted by molar-refractivity contribution is -0.138. The van der Waals surface area contributed by atoms with Gasteiger partial charge in [0.1, 0.15) is 6.10 Å². The molecule has 27 heavy (non-hydrogen) atoms. The van der Waals surface area contributed by atoms with Gasteiger partial charge < -0.3 is 9.64 Å². The second kappa shape index (κ2) is 7.75. The van der Waals surface area contributed by atoms with Gasteiger partial charge in [-0.3, -0.25) is 4.79 Å². The molecule has 0 atom stereocenters. The van der Waals surface area contributed by atoms with Gasteiger partial charge >= 0.3 is 0 Å². The molecule has 1 aliphatic carbocycles. The van der Waals surface area contributed by atoms with Crippen molar-refractivity contribution in [2.75, 3.05) is 13.1 Å². The first kappa shape index (κ1) is 20.1. The Balaban J connectivity index is 1.46. The fraction of sp³-hybridized carbons (Fsp3) is 0.684. The van der Waals surface area contributed by atoms with Gasteiger partial charge in [0.05, 0.1) is 5.25 Å². The lowest BCUT2D eigenvalue weighted by Crippen LogP contribution is -2.44. The number of nitrogens with one attached hydrogen (secondary N) is 1. The number of ether oxygens (including phenoxy) is 1. The van der Waals surface area contributed by atoms with Crippen molar-refractivity contribution in [2.24, 2.45) is 5.41 Å². The molecule has 1 saturated carbocycles. The highest BCUT2D eigenvalue weighted by molar-refractivity contribution is 7.90. The summed E-state index contributed by atoms with van der Waals surface area (Å²) in [6, 6.07) is 3.58. The number of amides is 1. The van der Waals surface area contributed by atoms with E-state index in [9.17, 15) is 13.2 Å². The SMILES string of the molecule is CC(C)S(=O)(=O)NCc1ccc(OC2CCN(C(=O)C3(C)CC3)CC2)nc1. The van der Waals surface area contributed by atoms with Crippen LogP contribution in [-0.2, 0) is 21.4 Å². The molecule has 2 fully saturated rings. The Kier molecular flexibility index (Phi) is 5.76. The van der Waals surface area contributed by atoms with Crippen LogP contribution in [0.4, 0.5) is 0 Å². The van der Waals surface area contributed by atoms with Crippen molar-refractivity contribution in [1.82, 2.24) is 14.6 Å². The molecule has 150 valence electrons. The monoisotopic (exact) mass is 395 g/mol. The largest absolute Gasteiger partial charge is 0.474 e. The van der Waals surface area contributed by atoms with E-state index in [2.05, 4.69) is 9.71 Å². The molecule has 0 radical (unpaired) electrons. The Morgan fingerprint density at radius 1 is 1.33 bits per heavy atom. The van der Waals surface area contributed by atoms with Crippen LogP contribution in [-0.4, -0.2) is 48.7 Å². The van der Waals surface area contributed by atoms with E-state index in [1.165, 1.54) is 0 Å². The van der Waals surface area contributed by atoms with Crippen molar-refractivity contribution in [2.45, 2.75) is 64.4 Å². The highest BCUT2D eigenvalue weighted by Gasteiger charge is 2.47. The summed E-state index contributed by atoms with van der Waals surface area (Å²) in [6.45, 7) is 7.00. The third-order valence-corrected chi connectivity index (χ3v) is 7.22. The highest BCUT2D eigenvalue weighted by atomic mass is 32.2. The minimum atomic E-state index is -3.29. The van der Waals surface area contributed by atoms with Gasteiger partial charge in [-0.2, -0.15) is 0 Å². The average molecular weight is 396 g/mol. The number of pyridine rings is 1. The van der Waals surface area contributed by atoms with Gasteiger partial charge in [0.2, 0.25) is 21.8 Å². The molecular formula is C19H29N3O4S. The first-order valence-electron chi connectivity index (χ1n) is 9.59. The summed E-state index contributed by atoms with van der Waals surface area (Å²) in [5, 5.41) is -0.465. The molecule has 8 heteroatoms. The van der Waals surface area contributed by atoms with Gasteiger partial charge in [-0.1, -0.05) is 13.0 Å². The molecule has 1 aromatic heterocycles. The van der Waals surface area contributed by atoms with Crippen molar-refractivity contribution < 1.29 is 17.9 Å². The van der Waals surface area contributed by atoms with Crippen LogP contribution >= 0.6 is 0 Å². The van der Waals surface area contributed by atoms with Crippen LogP contribution in [0.25, 0.3) is 0 Å². The summed E-state index contributed by atoms with van der Waals surface area (Å²) in [5.41, 5.74) is 0.673. The first-order chi connectivity index (χ1) is 12.7. The fourth-order valence-electron chi connectivity index (χ4n) is 3.07. The molecule has 3 rings (SSSR count). The van der Waals surface area contributed by atoms with E-state index in [-0.39, 0.29) is 24.0 Å². The van der Waals surface area contributed by atoms with E-state index in [0.717, 1.165) is 44.3 Å². The predicted octanol–water partition coefficient (Wildman–Crippen LogP) is 2.08. The average Bonchev–Trinajstić information content (AvgIpc) is 3.40. The molecule has 0 spiro atoms. The van der Waals surface area contributed by atoms with E-state index < -0.39 is 15.3 Å². The van der Waals surface area contributed by atoms with Crippen LogP contribution in [0.3, 0.4) is 0 Å². The maximum atomic E-state index is 12.4. The molecule has 0 aromatic carbocycles. The molecular weight excluding hydrogens is 366 g/mol. The number of hydrogen-bond acceptors (Lipinski definition) is 5. The van der Waals surface area contributed by atoms with E-state index in [4.69, 9.17) is 4.74 Å². The van der Waals surface area contributed by atoms with Gasteiger partial charge in [-0.05, 0) is 32.3 Å². The number of likely N-dealkylation sites (tertiary alicyclic amines) is 1. The van der Waals surface area contributed by atoms with Gasteiger partial charge in [0.15, 0.2) is 0 Å². The molecule has 2 heterocycles. The Bertz CT molecular complexity index is 765. The van der Waals surface area contributed by atoms with Gasteiger partial charge in [0.25, 0.3) is 0 Å². The van der Waals surface area contributed by atoms with Crippen LogP contribution in [0.15, 0.2) is 18.3 Å². The number of hydrogen-bond donors (Lipinski definition) is 1. The molecule has 1 aliphatic heterocycles. The minimum Gasteiger partial charge on any atom is -0.474 e. The van der Waals surface area contributed by atoms with Gasteiger partial charge in [-0.15, -0.1) is 0 Å². The standard InChI is InChI=1S/C19H29N3O4S/c1-14(2)27(24,25)21-13-15-4-5-17(20-12-15)26-16-6-10-22(11-7-16)18(23)19(3)8-9-19/h4-5,12,14,16,21H,6-11,13H2,1-3H3. The molecule has 0 unspecified atom stereocenters. The maximum Gasteiger partial charge on any atom is 0.228 e. The minimum absolute atomic E-state index is 0.0545. The molecule has 1 amide bonds. The zero-order valence-corrected chi connectivity index (χ0v) is 17.1. The van der Waals surface area contributed by atoms with Crippen molar-refractivity contribution in [3.05, 3.63) is 23.9 Å². The smallest absolute Gasteiger partial charge is 0.228 e. The third kappa shape index (κ3) is 4.99. The lowest BCUT2D eigenvalue weighted by Gasteiger charge is -2.33. The van der Waals surface area contributed by atoms with Crippen LogP contribution in [0.1, 0.15) is 52.0 Å². The van der Waals surface area contributed by atoms with Crippen LogP contribution in [0, 0.1) is 5.41 Å². The Morgan fingerprint density at radius 2 is 2.00 bits per heavy atom. The third-order valence-electron chi connectivity index (χ3n) is 5.43. The second-order valence-corrected chi connectivity index (χ2v) is 10.4. The number of carbonyl (C=O) groups excluding carboxylic acids is 1. The topological polar surface area (TPSA) is 88.6 Å². The summed E-state index contributed by atoms with van der Waals surface area (Å²) in [6.07, 6.45) is 5.31. The van der Waals surface area contributed by atoms with E-state index in [1.54, 1.807) is 26.1 Å². The molecule has 1 N–H and O–H groups in total. The van der Waals surface area contributed by atoms with Crippen LogP contribution in [0.2, 0.25) is 0 Å². The zero-order valence-electron chi connectivity index (χ0n) is 16.3. The Labute approximate surface area is 161 Å². The van der Waals surface area contributed by atoms with Crippen molar-refractivity contribution in [3.63, 3.8) is 0 Å². The maximum absolute atomic E-state index is 12.4. The van der Waals surface area contributed by atoms with Crippen molar-refractivity contribution >= 4 is 15.9 Å².